The van der Waals surface area contributed by atoms with Crippen LogP contribution in [0.3, 0.4) is 0 Å². The Labute approximate surface area is 138 Å². The number of aryl methyl sites for hydroxylation is 2. The van der Waals surface area contributed by atoms with Crippen LogP contribution in [0.2, 0.25) is 0 Å². The van der Waals surface area contributed by atoms with Gasteiger partial charge >= 0.3 is 0 Å². The first-order valence-electron chi connectivity index (χ1n) is 8.80. The smallest absolute Gasteiger partial charge is 0.140 e. The van der Waals surface area contributed by atoms with Crippen molar-refractivity contribution >= 4 is 16.7 Å². The maximum Gasteiger partial charge on any atom is 0.140 e. The molecule has 0 radical (unpaired) electrons. The highest BCUT2D eigenvalue weighted by Gasteiger charge is 2.36. The number of fused-ring (bicyclic) bond motifs is 2. The summed E-state index contributed by atoms with van der Waals surface area (Å²) in [6, 6.07) is 5.12. The van der Waals surface area contributed by atoms with Gasteiger partial charge in [-0.05, 0) is 75.9 Å². The molecule has 0 saturated carbocycles. The number of aromatic nitrogens is 2. The summed E-state index contributed by atoms with van der Waals surface area (Å²) in [4.78, 5) is 14.3. The first kappa shape index (κ1) is 14.9. The van der Waals surface area contributed by atoms with E-state index in [0.29, 0.717) is 6.04 Å². The van der Waals surface area contributed by atoms with Crippen LogP contribution >= 0.6 is 0 Å². The van der Waals surface area contributed by atoms with Gasteiger partial charge < -0.3 is 9.80 Å². The molecule has 2 aliphatic heterocycles. The van der Waals surface area contributed by atoms with E-state index in [2.05, 4.69) is 47.8 Å². The highest BCUT2D eigenvalue weighted by atomic mass is 15.3. The molecule has 122 valence electrons. The molecule has 0 bridgehead atoms. The molecule has 2 fully saturated rings. The fourth-order valence-electron chi connectivity index (χ4n) is 4.38. The van der Waals surface area contributed by atoms with Crippen LogP contribution in [0.15, 0.2) is 18.5 Å². The predicted octanol–water partition coefficient (Wildman–Crippen LogP) is 3.17. The van der Waals surface area contributed by atoms with E-state index in [1.54, 1.807) is 6.33 Å². The molecule has 3 heterocycles. The highest BCUT2D eigenvalue weighted by Crippen LogP contribution is 2.35. The summed E-state index contributed by atoms with van der Waals surface area (Å²) in [5.74, 6) is 1.93. The van der Waals surface area contributed by atoms with E-state index in [9.17, 15) is 0 Å². The third kappa shape index (κ3) is 2.59. The second-order valence-corrected chi connectivity index (χ2v) is 7.36. The minimum atomic E-state index is 0.639. The lowest BCUT2D eigenvalue weighted by molar-refractivity contribution is 0.154. The summed E-state index contributed by atoms with van der Waals surface area (Å²) in [5.41, 5.74) is 3.71. The van der Waals surface area contributed by atoms with Crippen LogP contribution in [0.5, 0.6) is 0 Å². The molecule has 23 heavy (non-hydrogen) atoms. The average molecular weight is 310 g/mol. The molecule has 2 unspecified atom stereocenters. The van der Waals surface area contributed by atoms with Crippen molar-refractivity contribution in [1.82, 2.24) is 14.9 Å². The molecular weight excluding hydrogens is 284 g/mol. The number of likely N-dealkylation sites (tertiary alicyclic amines) is 1. The van der Waals surface area contributed by atoms with Crippen LogP contribution in [0.25, 0.3) is 10.9 Å². The SMILES string of the molecule is Cc1cc2ncnc(N3CCCC4CN(C)CCC43)c2cc1C. The zero-order valence-electron chi connectivity index (χ0n) is 14.4. The van der Waals surface area contributed by atoms with Gasteiger partial charge in [0.15, 0.2) is 0 Å². The molecule has 2 aromatic rings. The number of nitrogens with zero attached hydrogens (tertiary/aromatic N) is 4. The highest BCUT2D eigenvalue weighted by molar-refractivity contribution is 5.90. The number of hydrogen-bond acceptors (Lipinski definition) is 4. The van der Waals surface area contributed by atoms with E-state index in [0.717, 1.165) is 23.8 Å². The number of anilines is 1. The van der Waals surface area contributed by atoms with Crippen molar-refractivity contribution in [2.24, 2.45) is 5.92 Å². The Morgan fingerprint density at radius 3 is 2.74 bits per heavy atom. The van der Waals surface area contributed by atoms with Crippen LogP contribution < -0.4 is 4.90 Å². The molecule has 4 rings (SSSR count). The molecule has 0 spiro atoms. The quantitative estimate of drug-likeness (QED) is 0.810. The van der Waals surface area contributed by atoms with Gasteiger partial charge in [-0.3, -0.25) is 0 Å². The third-order valence-corrected chi connectivity index (χ3v) is 5.77. The minimum Gasteiger partial charge on any atom is -0.353 e. The average Bonchev–Trinajstić information content (AvgIpc) is 2.54. The fourth-order valence-corrected chi connectivity index (χ4v) is 4.38. The summed E-state index contributed by atoms with van der Waals surface area (Å²) in [5, 5.41) is 1.22. The van der Waals surface area contributed by atoms with Crippen molar-refractivity contribution < 1.29 is 0 Å². The van der Waals surface area contributed by atoms with Crippen molar-refractivity contribution in [2.75, 3.05) is 31.6 Å². The van der Waals surface area contributed by atoms with E-state index in [-0.39, 0.29) is 0 Å². The molecule has 0 aliphatic carbocycles. The van der Waals surface area contributed by atoms with Crippen molar-refractivity contribution in [2.45, 2.75) is 39.2 Å². The Balaban J connectivity index is 1.77. The molecule has 2 saturated heterocycles. The maximum atomic E-state index is 4.71. The molecular formula is C19H26N4. The van der Waals surface area contributed by atoms with Gasteiger partial charge in [-0.15, -0.1) is 0 Å². The molecule has 0 amide bonds. The lowest BCUT2D eigenvalue weighted by atomic mass is 9.84. The summed E-state index contributed by atoms with van der Waals surface area (Å²) in [7, 11) is 2.25. The van der Waals surface area contributed by atoms with Crippen LogP contribution in [0.1, 0.15) is 30.4 Å². The van der Waals surface area contributed by atoms with E-state index in [1.807, 2.05) is 0 Å². The lowest BCUT2D eigenvalue weighted by Crippen LogP contribution is -2.53. The standard InChI is InChI=1S/C19H26N4/c1-13-9-16-17(10-14(13)2)20-12-21-19(16)23-7-4-5-15-11-22(3)8-6-18(15)23/h9-10,12,15,18H,4-8,11H2,1-3H3. The second-order valence-electron chi connectivity index (χ2n) is 7.36. The predicted molar refractivity (Wildman–Crippen MR) is 95.0 cm³/mol. The summed E-state index contributed by atoms with van der Waals surface area (Å²) < 4.78 is 0. The second kappa shape index (κ2) is 5.75. The van der Waals surface area contributed by atoms with Gasteiger partial charge in [0.2, 0.25) is 0 Å². The number of rotatable bonds is 1. The van der Waals surface area contributed by atoms with E-state index < -0.39 is 0 Å². The van der Waals surface area contributed by atoms with Gasteiger partial charge in [-0.1, -0.05) is 0 Å². The number of hydrogen-bond donors (Lipinski definition) is 0. The van der Waals surface area contributed by atoms with Gasteiger partial charge in [0.1, 0.15) is 12.1 Å². The van der Waals surface area contributed by atoms with Gasteiger partial charge in [-0.25, -0.2) is 9.97 Å². The zero-order chi connectivity index (χ0) is 16.0. The number of benzene rings is 1. The van der Waals surface area contributed by atoms with E-state index >= 15 is 0 Å². The van der Waals surface area contributed by atoms with Crippen LogP contribution in [-0.2, 0) is 0 Å². The normalized spacial score (nSPS) is 25.6. The molecule has 1 aromatic carbocycles. The monoisotopic (exact) mass is 310 g/mol. The maximum absolute atomic E-state index is 4.71. The van der Waals surface area contributed by atoms with Gasteiger partial charge in [-0.2, -0.15) is 0 Å². The van der Waals surface area contributed by atoms with Crippen LogP contribution in [-0.4, -0.2) is 47.6 Å². The first-order chi connectivity index (χ1) is 11.1. The Hall–Kier alpha value is -1.68. The molecule has 4 nitrogen and oxygen atoms in total. The van der Waals surface area contributed by atoms with Crippen molar-refractivity contribution in [1.29, 1.82) is 0 Å². The largest absolute Gasteiger partial charge is 0.353 e. The minimum absolute atomic E-state index is 0.639. The Bertz CT molecular complexity index is 727. The lowest BCUT2D eigenvalue weighted by Gasteiger charge is -2.47. The summed E-state index contributed by atoms with van der Waals surface area (Å²) in [6.07, 6.45) is 5.61. The zero-order valence-corrected chi connectivity index (χ0v) is 14.4. The van der Waals surface area contributed by atoms with Gasteiger partial charge in [0, 0.05) is 24.5 Å². The van der Waals surface area contributed by atoms with Crippen LogP contribution in [0, 0.1) is 19.8 Å². The summed E-state index contributed by atoms with van der Waals surface area (Å²) >= 11 is 0. The third-order valence-electron chi connectivity index (χ3n) is 5.77. The van der Waals surface area contributed by atoms with Crippen LogP contribution in [0.4, 0.5) is 5.82 Å². The van der Waals surface area contributed by atoms with Gasteiger partial charge in [0.05, 0.1) is 5.52 Å². The Kier molecular flexibility index (Phi) is 3.72. The summed E-state index contributed by atoms with van der Waals surface area (Å²) in [6.45, 7) is 7.88. The van der Waals surface area contributed by atoms with E-state index in [4.69, 9.17) is 4.98 Å². The van der Waals surface area contributed by atoms with E-state index in [1.165, 1.54) is 48.9 Å². The molecule has 1 aromatic heterocycles. The van der Waals surface area contributed by atoms with Crippen molar-refractivity contribution in [3.63, 3.8) is 0 Å². The molecule has 2 atom stereocenters. The topological polar surface area (TPSA) is 32.3 Å². The fraction of sp³-hybridized carbons (Fsp3) is 0.579. The van der Waals surface area contributed by atoms with Crippen molar-refractivity contribution in [3.8, 4) is 0 Å². The molecule has 4 heteroatoms. The Morgan fingerprint density at radius 1 is 1.04 bits per heavy atom. The first-order valence-corrected chi connectivity index (χ1v) is 8.80. The Morgan fingerprint density at radius 2 is 1.87 bits per heavy atom. The van der Waals surface area contributed by atoms with Gasteiger partial charge in [0.25, 0.3) is 0 Å². The van der Waals surface area contributed by atoms with Crippen molar-refractivity contribution in [3.05, 3.63) is 29.6 Å². The molecule has 0 N–H and O–H groups in total. The molecule has 2 aliphatic rings. The number of piperidine rings is 2.